The van der Waals surface area contributed by atoms with Gasteiger partial charge in [0.1, 0.15) is 0 Å². The van der Waals surface area contributed by atoms with Gasteiger partial charge in [0.25, 0.3) is 0 Å². The Hall–Kier alpha value is -2.40. The number of benzene rings is 1. The largest absolute Gasteiger partial charge is 0.481 e. The van der Waals surface area contributed by atoms with E-state index in [1.165, 1.54) is 5.56 Å². The minimum absolute atomic E-state index is 0.210. The second-order valence-corrected chi connectivity index (χ2v) is 4.71. The van der Waals surface area contributed by atoms with Crippen LogP contribution < -0.4 is 15.8 Å². The fraction of sp³-hybridized carbons (Fsp3) is 0.250. The zero-order chi connectivity index (χ0) is 15.1. The first-order valence-corrected chi connectivity index (χ1v) is 6.79. The summed E-state index contributed by atoms with van der Waals surface area (Å²) in [6.45, 7) is 0. The van der Waals surface area contributed by atoms with Crippen LogP contribution in [0.5, 0.6) is 5.88 Å². The number of nitrogens with two attached hydrogens (primary N) is 1. The van der Waals surface area contributed by atoms with E-state index in [0.29, 0.717) is 18.0 Å². The third kappa shape index (κ3) is 4.57. The summed E-state index contributed by atoms with van der Waals surface area (Å²) in [5.74, 6) is 0.291. The van der Waals surface area contributed by atoms with Gasteiger partial charge in [-0.2, -0.15) is 0 Å². The van der Waals surface area contributed by atoms with Gasteiger partial charge >= 0.3 is 0 Å². The van der Waals surface area contributed by atoms with Gasteiger partial charge in [-0.05, 0) is 24.5 Å². The molecule has 0 radical (unpaired) electrons. The van der Waals surface area contributed by atoms with Crippen molar-refractivity contribution < 1.29 is 9.53 Å². The van der Waals surface area contributed by atoms with E-state index in [1.807, 2.05) is 30.3 Å². The molecule has 21 heavy (non-hydrogen) atoms. The van der Waals surface area contributed by atoms with Crippen LogP contribution in [0.4, 0.5) is 5.69 Å². The van der Waals surface area contributed by atoms with Crippen molar-refractivity contribution in [2.75, 3.05) is 12.4 Å². The highest BCUT2D eigenvalue weighted by Crippen LogP contribution is 2.12. The highest BCUT2D eigenvalue weighted by Gasteiger charge is 2.13. The molecule has 2 rings (SSSR count). The zero-order valence-electron chi connectivity index (χ0n) is 12.0. The van der Waals surface area contributed by atoms with Crippen LogP contribution in [0.15, 0.2) is 48.7 Å². The third-order valence-corrected chi connectivity index (χ3v) is 3.14. The average Bonchev–Trinajstić information content (AvgIpc) is 2.54. The molecular formula is C16H19N3O2. The van der Waals surface area contributed by atoms with E-state index in [1.54, 1.807) is 25.4 Å². The Kier molecular flexibility index (Phi) is 5.29. The van der Waals surface area contributed by atoms with Crippen molar-refractivity contribution in [2.24, 2.45) is 5.73 Å². The Morgan fingerprint density at radius 3 is 2.67 bits per heavy atom. The molecule has 1 aromatic carbocycles. The van der Waals surface area contributed by atoms with Gasteiger partial charge in [0.05, 0.1) is 25.0 Å². The number of aryl methyl sites for hydroxylation is 1. The Bertz CT molecular complexity index is 570. The van der Waals surface area contributed by atoms with Crippen molar-refractivity contribution in [2.45, 2.75) is 18.9 Å². The lowest BCUT2D eigenvalue weighted by molar-refractivity contribution is -0.117. The molecule has 1 heterocycles. The lowest BCUT2D eigenvalue weighted by Gasteiger charge is -2.12. The minimum Gasteiger partial charge on any atom is -0.481 e. The monoisotopic (exact) mass is 285 g/mol. The summed E-state index contributed by atoms with van der Waals surface area (Å²) < 4.78 is 4.96. The van der Waals surface area contributed by atoms with Crippen LogP contribution in [0.2, 0.25) is 0 Å². The van der Waals surface area contributed by atoms with Gasteiger partial charge in [-0.25, -0.2) is 4.98 Å². The van der Waals surface area contributed by atoms with E-state index in [2.05, 4.69) is 10.3 Å². The number of hydrogen-bond acceptors (Lipinski definition) is 4. The average molecular weight is 285 g/mol. The quantitative estimate of drug-likeness (QED) is 0.851. The molecule has 0 fully saturated rings. The van der Waals surface area contributed by atoms with Gasteiger partial charge in [0.15, 0.2) is 0 Å². The minimum atomic E-state index is -0.549. The molecule has 3 N–H and O–H groups in total. The first-order chi connectivity index (χ1) is 10.2. The van der Waals surface area contributed by atoms with Gasteiger partial charge in [0, 0.05) is 6.07 Å². The van der Waals surface area contributed by atoms with Crippen LogP contribution in [0.3, 0.4) is 0 Å². The summed E-state index contributed by atoms with van der Waals surface area (Å²) in [6.07, 6.45) is 2.91. The van der Waals surface area contributed by atoms with Crippen LogP contribution in [-0.2, 0) is 11.2 Å². The first kappa shape index (κ1) is 15.0. The van der Waals surface area contributed by atoms with Crippen LogP contribution in [-0.4, -0.2) is 24.0 Å². The van der Waals surface area contributed by atoms with E-state index in [9.17, 15) is 4.79 Å². The fourth-order valence-electron chi connectivity index (χ4n) is 1.91. The number of aromatic nitrogens is 1. The lowest BCUT2D eigenvalue weighted by Crippen LogP contribution is -2.36. The summed E-state index contributed by atoms with van der Waals surface area (Å²) >= 11 is 0. The summed E-state index contributed by atoms with van der Waals surface area (Å²) in [4.78, 5) is 16.0. The van der Waals surface area contributed by atoms with Crippen molar-refractivity contribution in [3.8, 4) is 5.88 Å². The highest BCUT2D eigenvalue weighted by molar-refractivity contribution is 5.94. The Morgan fingerprint density at radius 2 is 2.05 bits per heavy atom. The number of ether oxygens (including phenoxy) is 1. The van der Waals surface area contributed by atoms with Crippen LogP contribution in [0.1, 0.15) is 12.0 Å². The number of carbonyl (C=O) groups is 1. The molecule has 110 valence electrons. The standard InChI is InChI=1S/C16H19N3O2/c1-21-15-10-8-13(11-18-15)19-16(20)14(17)9-7-12-5-3-2-4-6-12/h2-6,8,10-11,14H,7,9,17H2,1H3,(H,19,20)/t14-/m0/s1. The number of rotatable bonds is 6. The molecular weight excluding hydrogens is 266 g/mol. The zero-order valence-corrected chi connectivity index (χ0v) is 12.0. The molecule has 0 spiro atoms. The van der Waals surface area contributed by atoms with Gasteiger partial charge in [0.2, 0.25) is 11.8 Å². The Labute approximate surface area is 124 Å². The molecule has 0 aliphatic rings. The molecule has 5 heteroatoms. The maximum Gasteiger partial charge on any atom is 0.241 e. The number of nitrogens with one attached hydrogen (secondary N) is 1. The third-order valence-electron chi connectivity index (χ3n) is 3.14. The molecule has 2 aromatic rings. The smallest absolute Gasteiger partial charge is 0.241 e. The second kappa shape index (κ2) is 7.40. The molecule has 0 saturated heterocycles. The number of pyridine rings is 1. The number of hydrogen-bond donors (Lipinski definition) is 2. The summed E-state index contributed by atoms with van der Waals surface area (Å²) in [6, 6.07) is 12.8. The van der Waals surface area contributed by atoms with Crippen LogP contribution in [0, 0.1) is 0 Å². The second-order valence-electron chi connectivity index (χ2n) is 4.71. The molecule has 1 amide bonds. The predicted molar refractivity (Wildman–Crippen MR) is 82.2 cm³/mol. The predicted octanol–water partition coefficient (Wildman–Crippen LogP) is 1.99. The van der Waals surface area contributed by atoms with Gasteiger partial charge in [-0.1, -0.05) is 30.3 Å². The van der Waals surface area contributed by atoms with Crippen molar-refractivity contribution in [3.05, 3.63) is 54.2 Å². The molecule has 0 bridgehead atoms. The van der Waals surface area contributed by atoms with E-state index in [4.69, 9.17) is 10.5 Å². The van der Waals surface area contributed by atoms with Gasteiger partial charge < -0.3 is 15.8 Å². The number of methoxy groups -OCH3 is 1. The number of anilines is 1. The summed E-state index contributed by atoms with van der Waals surface area (Å²) in [5, 5.41) is 2.75. The van der Waals surface area contributed by atoms with Crippen molar-refractivity contribution in [3.63, 3.8) is 0 Å². The number of nitrogens with zero attached hydrogens (tertiary/aromatic N) is 1. The number of amides is 1. The number of carbonyl (C=O) groups excluding carboxylic acids is 1. The lowest BCUT2D eigenvalue weighted by atomic mass is 10.1. The van der Waals surface area contributed by atoms with Gasteiger partial charge in [-0.15, -0.1) is 0 Å². The molecule has 1 atom stereocenters. The molecule has 0 unspecified atom stereocenters. The fourth-order valence-corrected chi connectivity index (χ4v) is 1.91. The molecule has 0 saturated carbocycles. The van der Waals surface area contributed by atoms with E-state index >= 15 is 0 Å². The summed E-state index contributed by atoms with van der Waals surface area (Å²) in [5.41, 5.74) is 7.69. The maximum atomic E-state index is 12.0. The van der Waals surface area contributed by atoms with E-state index < -0.39 is 6.04 Å². The van der Waals surface area contributed by atoms with E-state index in [-0.39, 0.29) is 5.91 Å². The van der Waals surface area contributed by atoms with Crippen molar-refractivity contribution in [1.82, 2.24) is 4.98 Å². The van der Waals surface area contributed by atoms with Gasteiger partial charge in [-0.3, -0.25) is 4.79 Å². The first-order valence-electron chi connectivity index (χ1n) is 6.79. The Balaban J connectivity index is 1.84. The van der Waals surface area contributed by atoms with Crippen LogP contribution >= 0.6 is 0 Å². The molecule has 1 aromatic heterocycles. The maximum absolute atomic E-state index is 12.0. The van der Waals surface area contributed by atoms with Crippen molar-refractivity contribution in [1.29, 1.82) is 0 Å². The SMILES string of the molecule is COc1ccc(NC(=O)[C@@H](N)CCc2ccccc2)cn1. The normalized spacial score (nSPS) is 11.7. The van der Waals surface area contributed by atoms with E-state index in [0.717, 1.165) is 6.42 Å². The molecule has 0 aliphatic heterocycles. The van der Waals surface area contributed by atoms with Crippen LogP contribution in [0.25, 0.3) is 0 Å². The highest BCUT2D eigenvalue weighted by atomic mass is 16.5. The molecule has 0 aliphatic carbocycles. The summed E-state index contributed by atoms with van der Waals surface area (Å²) in [7, 11) is 1.54. The molecule has 5 nitrogen and oxygen atoms in total. The Morgan fingerprint density at radius 1 is 1.29 bits per heavy atom. The van der Waals surface area contributed by atoms with Crippen molar-refractivity contribution >= 4 is 11.6 Å². The topological polar surface area (TPSA) is 77.2 Å².